The molecule has 0 unspecified atom stereocenters. The van der Waals surface area contributed by atoms with Gasteiger partial charge in [0.1, 0.15) is 6.61 Å². The van der Waals surface area contributed by atoms with E-state index in [1.54, 1.807) is 19.0 Å². The monoisotopic (exact) mass is 375 g/mol. The van der Waals surface area contributed by atoms with Gasteiger partial charge in [-0.1, -0.05) is 24.3 Å². The Bertz CT molecular complexity index is 717. The lowest BCUT2D eigenvalue weighted by Crippen LogP contribution is -2.56. The van der Waals surface area contributed by atoms with E-state index in [1.165, 1.54) is 0 Å². The molecule has 2 rings (SSSR count). The Morgan fingerprint density at radius 2 is 1.96 bits per heavy atom. The molecule has 1 heterocycles. The highest BCUT2D eigenvalue weighted by atomic mass is 16.5. The lowest BCUT2D eigenvalue weighted by molar-refractivity contribution is -0.163. The molecule has 1 aromatic carbocycles. The Hall–Kier alpha value is -2.41. The van der Waals surface area contributed by atoms with Crippen molar-refractivity contribution >= 4 is 17.7 Å². The first-order chi connectivity index (χ1) is 12.7. The number of hydrogen-bond donors (Lipinski definition) is 2. The van der Waals surface area contributed by atoms with Crippen LogP contribution in [0.1, 0.15) is 43.9 Å². The molecule has 0 radical (unpaired) electrons. The highest BCUT2D eigenvalue weighted by molar-refractivity contribution is 5.87. The van der Waals surface area contributed by atoms with Gasteiger partial charge in [-0.25, -0.2) is 0 Å². The molecule has 1 aliphatic heterocycles. The summed E-state index contributed by atoms with van der Waals surface area (Å²) in [5, 5.41) is 5.56. The second kappa shape index (κ2) is 8.52. The zero-order valence-electron chi connectivity index (χ0n) is 16.7. The number of aryl methyl sites for hydroxylation is 1. The number of rotatable bonds is 6. The van der Waals surface area contributed by atoms with Crippen LogP contribution < -0.4 is 10.6 Å². The third-order valence-electron chi connectivity index (χ3n) is 4.97. The van der Waals surface area contributed by atoms with Crippen LogP contribution in [0.5, 0.6) is 0 Å². The smallest absolute Gasteiger partial charge is 0.252 e. The van der Waals surface area contributed by atoms with Gasteiger partial charge < -0.3 is 20.3 Å². The molecule has 1 aliphatic rings. The number of carbonyl (C=O) groups is 3. The van der Waals surface area contributed by atoms with Crippen LogP contribution in [-0.4, -0.2) is 55.0 Å². The minimum absolute atomic E-state index is 0.0747. The van der Waals surface area contributed by atoms with Gasteiger partial charge in [-0.2, -0.15) is 0 Å². The zero-order chi connectivity index (χ0) is 20.2. The van der Waals surface area contributed by atoms with E-state index in [0.717, 1.165) is 11.1 Å². The maximum Gasteiger partial charge on any atom is 0.252 e. The van der Waals surface area contributed by atoms with Gasteiger partial charge in [0.25, 0.3) is 5.91 Å². The van der Waals surface area contributed by atoms with Gasteiger partial charge in [-0.15, -0.1) is 0 Å². The molecular formula is C20H29N3O4. The van der Waals surface area contributed by atoms with E-state index in [2.05, 4.69) is 10.6 Å². The summed E-state index contributed by atoms with van der Waals surface area (Å²) in [5.74, 6) is -0.523. The van der Waals surface area contributed by atoms with Gasteiger partial charge in [0.15, 0.2) is 6.10 Å². The van der Waals surface area contributed by atoms with E-state index >= 15 is 0 Å². The first kappa shape index (κ1) is 20.9. The van der Waals surface area contributed by atoms with Crippen LogP contribution in [0.3, 0.4) is 0 Å². The van der Waals surface area contributed by atoms with E-state index < -0.39 is 17.7 Å². The largest absolute Gasteiger partial charge is 0.359 e. The Morgan fingerprint density at radius 1 is 1.30 bits per heavy atom. The summed E-state index contributed by atoms with van der Waals surface area (Å²) in [7, 11) is 3.28. The van der Waals surface area contributed by atoms with Crippen molar-refractivity contribution in [3.63, 3.8) is 0 Å². The van der Waals surface area contributed by atoms with Crippen molar-refractivity contribution in [1.82, 2.24) is 15.5 Å². The number of likely N-dealkylation sites (N-methyl/N-ethyl adjacent to an activating group) is 1. The summed E-state index contributed by atoms with van der Waals surface area (Å²) >= 11 is 0. The number of amides is 3. The number of carbonyl (C=O) groups excluding carboxylic acids is 3. The van der Waals surface area contributed by atoms with Crippen LogP contribution in [0.15, 0.2) is 24.3 Å². The van der Waals surface area contributed by atoms with Crippen LogP contribution >= 0.6 is 0 Å². The molecule has 1 aromatic rings. The lowest BCUT2D eigenvalue weighted by Gasteiger charge is -2.40. The van der Waals surface area contributed by atoms with Gasteiger partial charge in [0.05, 0.1) is 6.04 Å². The third-order valence-corrected chi connectivity index (χ3v) is 4.97. The van der Waals surface area contributed by atoms with Gasteiger partial charge in [0.2, 0.25) is 11.8 Å². The molecule has 0 aliphatic carbocycles. The predicted octanol–water partition coefficient (Wildman–Crippen LogP) is 1.31. The Balaban J connectivity index is 2.20. The predicted molar refractivity (Wildman–Crippen MR) is 102 cm³/mol. The van der Waals surface area contributed by atoms with Gasteiger partial charge in [-0.05, 0) is 38.3 Å². The van der Waals surface area contributed by atoms with Gasteiger partial charge in [-0.3, -0.25) is 14.4 Å². The number of hydrogen-bond acceptors (Lipinski definition) is 4. The molecular weight excluding hydrogens is 346 g/mol. The average molecular weight is 375 g/mol. The van der Waals surface area contributed by atoms with E-state index in [1.807, 2.05) is 45.0 Å². The maximum atomic E-state index is 13.0. The SMILES string of the molecule is CNC(=O)CCC(C)(C)NC(=O)[C@H]1OCC(=O)N(C)[C@@H]1c1ccccc1C. The fourth-order valence-electron chi connectivity index (χ4n) is 3.24. The minimum Gasteiger partial charge on any atom is -0.359 e. The van der Waals surface area contributed by atoms with E-state index in [9.17, 15) is 14.4 Å². The van der Waals surface area contributed by atoms with Crippen molar-refractivity contribution in [2.24, 2.45) is 0 Å². The molecule has 0 bridgehead atoms. The third kappa shape index (κ3) is 5.07. The second-order valence-electron chi connectivity index (χ2n) is 7.58. The van der Waals surface area contributed by atoms with E-state index in [-0.39, 0.29) is 24.3 Å². The topological polar surface area (TPSA) is 87.7 Å². The van der Waals surface area contributed by atoms with Gasteiger partial charge >= 0.3 is 0 Å². The molecule has 148 valence electrons. The molecule has 0 saturated carbocycles. The minimum atomic E-state index is -0.812. The van der Waals surface area contributed by atoms with Gasteiger partial charge in [0, 0.05) is 26.1 Å². The van der Waals surface area contributed by atoms with Crippen LogP contribution in [0.25, 0.3) is 0 Å². The average Bonchev–Trinajstić information content (AvgIpc) is 2.62. The van der Waals surface area contributed by atoms with Crippen molar-refractivity contribution in [2.75, 3.05) is 20.7 Å². The van der Waals surface area contributed by atoms with Crippen LogP contribution in [0.2, 0.25) is 0 Å². The standard InChI is InChI=1S/C20H29N3O4/c1-13-8-6-7-9-14(13)17-18(27-12-16(25)23(17)5)19(26)22-20(2,3)11-10-15(24)21-4/h6-9,17-18H,10-12H2,1-5H3,(H,21,24)(H,22,26)/t17-,18+/m1/s1. The fourth-order valence-corrected chi connectivity index (χ4v) is 3.24. The second-order valence-corrected chi connectivity index (χ2v) is 7.58. The molecule has 2 atom stereocenters. The highest BCUT2D eigenvalue weighted by Crippen LogP contribution is 2.31. The Morgan fingerprint density at radius 3 is 2.59 bits per heavy atom. The van der Waals surface area contributed by atoms with E-state index in [4.69, 9.17) is 4.74 Å². The molecule has 1 fully saturated rings. The van der Waals surface area contributed by atoms with Crippen molar-refractivity contribution in [3.05, 3.63) is 35.4 Å². The van der Waals surface area contributed by atoms with Crippen molar-refractivity contribution in [2.45, 2.75) is 51.3 Å². The molecule has 27 heavy (non-hydrogen) atoms. The van der Waals surface area contributed by atoms with Crippen LogP contribution in [-0.2, 0) is 19.1 Å². The summed E-state index contributed by atoms with van der Waals surface area (Å²) in [4.78, 5) is 38.3. The lowest BCUT2D eigenvalue weighted by atomic mass is 9.92. The molecule has 3 amide bonds. The van der Waals surface area contributed by atoms with Crippen molar-refractivity contribution < 1.29 is 19.1 Å². The number of nitrogens with zero attached hydrogens (tertiary/aromatic N) is 1. The normalized spacial score (nSPS) is 20.3. The summed E-state index contributed by atoms with van der Waals surface area (Å²) in [5.41, 5.74) is 1.30. The first-order valence-corrected chi connectivity index (χ1v) is 9.11. The van der Waals surface area contributed by atoms with Crippen molar-refractivity contribution in [1.29, 1.82) is 0 Å². The quantitative estimate of drug-likeness (QED) is 0.785. The number of morpholine rings is 1. The summed E-state index contributed by atoms with van der Waals surface area (Å²) in [6.07, 6.45) is -0.00259. The number of benzene rings is 1. The number of ether oxygens (including phenoxy) is 1. The Labute approximate surface area is 160 Å². The molecule has 2 N–H and O–H groups in total. The summed E-state index contributed by atoms with van der Waals surface area (Å²) in [6, 6.07) is 7.17. The summed E-state index contributed by atoms with van der Waals surface area (Å²) in [6.45, 7) is 5.56. The number of nitrogens with one attached hydrogen (secondary N) is 2. The molecule has 1 saturated heterocycles. The maximum absolute atomic E-state index is 13.0. The fraction of sp³-hybridized carbons (Fsp3) is 0.550. The molecule has 7 heteroatoms. The van der Waals surface area contributed by atoms with Crippen LogP contribution in [0.4, 0.5) is 0 Å². The molecule has 0 spiro atoms. The van der Waals surface area contributed by atoms with Crippen molar-refractivity contribution in [3.8, 4) is 0 Å². The summed E-state index contributed by atoms with van der Waals surface area (Å²) < 4.78 is 5.65. The van der Waals surface area contributed by atoms with Crippen LogP contribution in [0, 0.1) is 6.92 Å². The highest BCUT2D eigenvalue weighted by Gasteiger charge is 2.41. The first-order valence-electron chi connectivity index (χ1n) is 9.11. The van der Waals surface area contributed by atoms with E-state index in [0.29, 0.717) is 12.8 Å². The molecule has 7 nitrogen and oxygen atoms in total. The molecule has 0 aromatic heterocycles. The zero-order valence-corrected chi connectivity index (χ0v) is 16.7. The Kier molecular flexibility index (Phi) is 6.59.